The SMILES string of the molecule is C[C@H](OC(=O)/C=C/c1ccc(F)c(Cl)c1)C(=O)NC1CC1. The van der Waals surface area contributed by atoms with Gasteiger partial charge in [0.25, 0.3) is 5.91 Å². The first-order valence-corrected chi connectivity index (χ1v) is 6.97. The number of benzene rings is 1. The second kappa shape index (κ2) is 6.72. The highest BCUT2D eigenvalue weighted by molar-refractivity contribution is 6.30. The maximum atomic E-state index is 13.0. The lowest BCUT2D eigenvalue weighted by Crippen LogP contribution is -2.36. The van der Waals surface area contributed by atoms with Gasteiger partial charge in [0, 0.05) is 12.1 Å². The number of nitrogens with one attached hydrogen (secondary N) is 1. The van der Waals surface area contributed by atoms with Gasteiger partial charge < -0.3 is 10.1 Å². The Labute approximate surface area is 126 Å². The van der Waals surface area contributed by atoms with Crippen molar-refractivity contribution >= 4 is 29.6 Å². The van der Waals surface area contributed by atoms with Gasteiger partial charge in [0.05, 0.1) is 5.02 Å². The molecule has 0 radical (unpaired) electrons. The van der Waals surface area contributed by atoms with Crippen molar-refractivity contribution in [3.05, 3.63) is 40.7 Å². The van der Waals surface area contributed by atoms with Crippen molar-refractivity contribution in [3.63, 3.8) is 0 Å². The Morgan fingerprint density at radius 3 is 2.81 bits per heavy atom. The largest absolute Gasteiger partial charge is 0.449 e. The summed E-state index contributed by atoms with van der Waals surface area (Å²) in [4.78, 5) is 23.2. The molecular formula is C15H15ClFNO3. The van der Waals surface area contributed by atoms with Crippen molar-refractivity contribution in [2.45, 2.75) is 31.9 Å². The maximum Gasteiger partial charge on any atom is 0.331 e. The topological polar surface area (TPSA) is 55.4 Å². The van der Waals surface area contributed by atoms with Crippen molar-refractivity contribution in [3.8, 4) is 0 Å². The van der Waals surface area contributed by atoms with Crippen LogP contribution in [0.4, 0.5) is 4.39 Å². The molecule has 1 aliphatic rings. The van der Waals surface area contributed by atoms with Crippen molar-refractivity contribution in [2.75, 3.05) is 0 Å². The van der Waals surface area contributed by atoms with E-state index < -0.39 is 17.9 Å². The van der Waals surface area contributed by atoms with Crippen LogP contribution in [0, 0.1) is 5.82 Å². The molecule has 112 valence electrons. The number of hydrogen-bond donors (Lipinski definition) is 1. The lowest BCUT2D eigenvalue weighted by Gasteiger charge is -2.11. The van der Waals surface area contributed by atoms with Crippen LogP contribution in [0.15, 0.2) is 24.3 Å². The average molecular weight is 312 g/mol. The van der Waals surface area contributed by atoms with Gasteiger partial charge in [-0.3, -0.25) is 4.79 Å². The third kappa shape index (κ3) is 4.86. The van der Waals surface area contributed by atoms with Crippen LogP contribution in [0.3, 0.4) is 0 Å². The van der Waals surface area contributed by atoms with Gasteiger partial charge in [-0.05, 0) is 43.5 Å². The molecule has 1 saturated carbocycles. The van der Waals surface area contributed by atoms with Crippen LogP contribution in [0.1, 0.15) is 25.3 Å². The third-order valence-corrected chi connectivity index (χ3v) is 3.23. The van der Waals surface area contributed by atoms with E-state index in [1.165, 1.54) is 37.3 Å². The highest BCUT2D eigenvalue weighted by Crippen LogP contribution is 2.19. The van der Waals surface area contributed by atoms with Crippen LogP contribution >= 0.6 is 11.6 Å². The quantitative estimate of drug-likeness (QED) is 0.672. The molecule has 4 nitrogen and oxygen atoms in total. The first-order valence-electron chi connectivity index (χ1n) is 6.60. The van der Waals surface area contributed by atoms with E-state index in [0.29, 0.717) is 5.56 Å². The van der Waals surface area contributed by atoms with Crippen LogP contribution < -0.4 is 5.32 Å². The Bertz CT molecular complexity index is 584. The fraction of sp³-hybridized carbons (Fsp3) is 0.333. The highest BCUT2D eigenvalue weighted by Gasteiger charge is 2.26. The second-order valence-electron chi connectivity index (χ2n) is 4.87. The standard InChI is InChI=1S/C15H15ClFNO3/c1-9(15(20)18-11-4-5-11)21-14(19)7-3-10-2-6-13(17)12(16)8-10/h2-3,6-9,11H,4-5H2,1H3,(H,18,20)/b7-3+/t9-/m0/s1. The molecule has 0 spiro atoms. The molecule has 6 heteroatoms. The Kier molecular flexibility index (Phi) is 4.96. The van der Waals surface area contributed by atoms with Crippen molar-refractivity contribution in [1.29, 1.82) is 0 Å². The van der Waals surface area contributed by atoms with Crippen LogP contribution in [0.5, 0.6) is 0 Å². The van der Waals surface area contributed by atoms with Crippen LogP contribution in [0.25, 0.3) is 6.08 Å². The molecule has 2 rings (SSSR count). The zero-order valence-electron chi connectivity index (χ0n) is 11.4. The molecule has 1 amide bonds. The summed E-state index contributed by atoms with van der Waals surface area (Å²) in [5, 5.41) is 2.72. The highest BCUT2D eigenvalue weighted by atomic mass is 35.5. The average Bonchev–Trinajstić information content (AvgIpc) is 3.24. The van der Waals surface area contributed by atoms with E-state index in [0.717, 1.165) is 12.8 Å². The first kappa shape index (κ1) is 15.5. The van der Waals surface area contributed by atoms with E-state index in [2.05, 4.69) is 5.32 Å². The summed E-state index contributed by atoms with van der Waals surface area (Å²) in [6.07, 6.45) is 3.71. The fourth-order valence-corrected chi connectivity index (χ4v) is 1.78. The minimum Gasteiger partial charge on any atom is -0.449 e. The third-order valence-electron chi connectivity index (χ3n) is 2.94. The molecule has 1 aliphatic carbocycles. The first-order chi connectivity index (χ1) is 9.95. The summed E-state index contributed by atoms with van der Waals surface area (Å²) in [5.41, 5.74) is 0.563. The van der Waals surface area contributed by atoms with E-state index in [1.807, 2.05) is 0 Å². The molecule has 1 atom stereocenters. The number of esters is 1. The number of rotatable bonds is 5. The van der Waals surface area contributed by atoms with Crippen LogP contribution in [-0.2, 0) is 14.3 Å². The molecule has 0 heterocycles. The predicted molar refractivity (Wildman–Crippen MR) is 77.2 cm³/mol. The van der Waals surface area contributed by atoms with E-state index in [-0.39, 0.29) is 17.0 Å². The summed E-state index contributed by atoms with van der Waals surface area (Å²) in [7, 11) is 0. The Morgan fingerprint density at radius 2 is 2.19 bits per heavy atom. The number of carbonyl (C=O) groups excluding carboxylic acids is 2. The molecule has 1 N–H and O–H groups in total. The van der Waals surface area contributed by atoms with E-state index in [9.17, 15) is 14.0 Å². The van der Waals surface area contributed by atoms with E-state index >= 15 is 0 Å². The Morgan fingerprint density at radius 1 is 1.48 bits per heavy atom. The molecule has 0 aliphatic heterocycles. The number of hydrogen-bond acceptors (Lipinski definition) is 3. The molecular weight excluding hydrogens is 297 g/mol. The predicted octanol–water partition coefficient (Wildman–Crippen LogP) is 2.70. The minimum atomic E-state index is -0.848. The van der Waals surface area contributed by atoms with Crippen LogP contribution in [-0.4, -0.2) is 24.0 Å². The Hall–Kier alpha value is -1.88. The number of carbonyl (C=O) groups is 2. The summed E-state index contributed by atoms with van der Waals surface area (Å²) >= 11 is 5.63. The van der Waals surface area contributed by atoms with Crippen LogP contribution in [0.2, 0.25) is 5.02 Å². The molecule has 0 aromatic heterocycles. The van der Waals surface area contributed by atoms with E-state index in [1.54, 1.807) is 0 Å². The van der Waals surface area contributed by atoms with Gasteiger partial charge >= 0.3 is 5.97 Å². The number of halogens is 2. The molecule has 1 aromatic carbocycles. The lowest BCUT2D eigenvalue weighted by atomic mass is 10.2. The molecule has 1 fully saturated rings. The smallest absolute Gasteiger partial charge is 0.331 e. The van der Waals surface area contributed by atoms with Crippen molar-refractivity contribution < 1.29 is 18.7 Å². The van der Waals surface area contributed by atoms with Crippen molar-refractivity contribution in [1.82, 2.24) is 5.32 Å². The number of amides is 1. The monoisotopic (exact) mass is 311 g/mol. The molecule has 0 bridgehead atoms. The molecule has 21 heavy (non-hydrogen) atoms. The van der Waals surface area contributed by atoms with Gasteiger partial charge in [-0.2, -0.15) is 0 Å². The van der Waals surface area contributed by atoms with Crippen molar-refractivity contribution in [2.24, 2.45) is 0 Å². The summed E-state index contributed by atoms with van der Waals surface area (Å²) in [6.45, 7) is 1.51. The van der Waals surface area contributed by atoms with E-state index in [4.69, 9.17) is 16.3 Å². The second-order valence-corrected chi connectivity index (χ2v) is 5.28. The van der Waals surface area contributed by atoms with Gasteiger partial charge in [-0.15, -0.1) is 0 Å². The molecule has 1 aromatic rings. The molecule has 0 saturated heterocycles. The zero-order valence-corrected chi connectivity index (χ0v) is 12.2. The normalized spacial score (nSPS) is 15.8. The lowest BCUT2D eigenvalue weighted by molar-refractivity contribution is -0.150. The zero-order chi connectivity index (χ0) is 15.4. The minimum absolute atomic E-state index is 0.0253. The summed E-state index contributed by atoms with van der Waals surface area (Å²) in [6, 6.07) is 4.30. The summed E-state index contributed by atoms with van der Waals surface area (Å²) in [5.74, 6) is -1.47. The summed E-state index contributed by atoms with van der Waals surface area (Å²) < 4.78 is 17.9. The van der Waals surface area contributed by atoms with Gasteiger partial charge in [0.15, 0.2) is 6.10 Å². The Balaban J connectivity index is 1.86. The van der Waals surface area contributed by atoms with Gasteiger partial charge in [0.2, 0.25) is 0 Å². The maximum absolute atomic E-state index is 13.0. The molecule has 0 unspecified atom stereocenters. The van der Waals surface area contributed by atoms with Gasteiger partial charge in [-0.1, -0.05) is 17.7 Å². The number of ether oxygens (including phenoxy) is 1. The fourth-order valence-electron chi connectivity index (χ4n) is 1.59. The van der Waals surface area contributed by atoms with Gasteiger partial charge in [-0.25, -0.2) is 9.18 Å². The van der Waals surface area contributed by atoms with Gasteiger partial charge in [0.1, 0.15) is 5.82 Å².